The molecule has 0 aliphatic rings. The molecule has 1 aromatic carbocycles. The molecule has 62 valence electrons. The van der Waals surface area contributed by atoms with Crippen molar-refractivity contribution in [3.63, 3.8) is 0 Å². The molecule has 1 aromatic heterocycles. The Morgan fingerprint density at radius 3 is 0.923 bits per heavy atom. The summed E-state index contributed by atoms with van der Waals surface area (Å²) >= 11 is 0. The second kappa shape index (κ2) is 9.46. The van der Waals surface area contributed by atoms with Gasteiger partial charge in [-0.05, 0) is 12.1 Å². The van der Waals surface area contributed by atoms with Gasteiger partial charge in [0.2, 0.25) is 0 Å². The van der Waals surface area contributed by atoms with Crippen LogP contribution in [-0.4, -0.2) is 34.5 Å². The first kappa shape index (κ1) is 12.4. The molecule has 0 aliphatic carbocycles. The Kier molecular flexibility index (Phi) is 9.00. The predicted molar refractivity (Wildman–Crippen MR) is 57.8 cm³/mol. The van der Waals surface area contributed by atoms with Gasteiger partial charge in [-0.1, -0.05) is 42.5 Å². The zero-order valence-corrected chi connectivity index (χ0v) is 6.80. The first-order chi connectivity index (χ1) is 6.00. The monoisotopic (exact) mass is 181 g/mol. The van der Waals surface area contributed by atoms with Crippen molar-refractivity contribution in [3.05, 3.63) is 67.0 Å². The molecule has 0 N–H and O–H groups in total. The van der Waals surface area contributed by atoms with Gasteiger partial charge < -0.3 is 0 Å². The largest absolute Gasteiger partial charge is 0.265 e. The average Bonchev–Trinajstić information content (AvgIpc) is 2.24. The molecule has 0 saturated heterocycles. The van der Waals surface area contributed by atoms with Crippen LogP contribution in [0, 0.1) is 0 Å². The summed E-state index contributed by atoms with van der Waals surface area (Å²) in [4.78, 5) is 3.78. The van der Waals surface area contributed by atoms with Crippen LogP contribution in [0.15, 0.2) is 67.0 Å². The number of pyridine rings is 1. The van der Waals surface area contributed by atoms with E-state index in [0.29, 0.717) is 0 Å². The molecule has 0 unspecified atom stereocenters. The Morgan fingerprint density at radius 1 is 0.462 bits per heavy atom. The number of nitrogens with zero attached hydrogens (tertiary/aromatic N) is 1. The van der Waals surface area contributed by atoms with Gasteiger partial charge in [0, 0.05) is 12.4 Å². The Morgan fingerprint density at radius 2 is 0.769 bits per heavy atom. The van der Waals surface area contributed by atoms with Crippen LogP contribution < -0.4 is 0 Å². The van der Waals surface area contributed by atoms with Gasteiger partial charge in [0.15, 0.2) is 0 Å². The molecule has 0 radical (unpaired) electrons. The van der Waals surface area contributed by atoms with Crippen molar-refractivity contribution in [1.82, 2.24) is 4.98 Å². The molecule has 1 heterocycles. The maximum Gasteiger partial charge on any atom is 0.0267 e. The number of hydrogen-bond acceptors (Lipinski definition) is 1. The van der Waals surface area contributed by atoms with E-state index in [9.17, 15) is 0 Å². The summed E-state index contributed by atoms with van der Waals surface area (Å²) in [6.07, 6.45) is 3.50. The van der Waals surface area contributed by atoms with E-state index in [4.69, 9.17) is 0 Å². The van der Waals surface area contributed by atoms with Crippen LogP contribution in [0.3, 0.4) is 0 Å². The maximum absolute atomic E-state index is 3.78. The Labute approximate surface area is 101 Å². The molecule has 0 aliphatic heterocycles. The van der Waals surface area contributed by atoms with Gasteiger partial charge in [-0.3, -0.25) is 4.98 Å². The number of hydrogen-bond donors (Lipinski definition) is 0. The molecule has 13 heavy (non-hydrogen) atoms. The molecule has 2 aromatic rings. The van der Waals surface area contributed by atoms with Crippen molar-refractivity contribution in [3.8, 4) is 0 Å². The molecular formula is C11H12NNa. The normalized spacial score (nSPS) is 7.38. The fraction of sp³-hybridized carbons (Fsp3) is 0. The number of benzene rings is 1. The van der Waals surface area contributed by atoms with E-state index in [2.05, 4.69) is 4.98 Å². The minimum absolute atomic E-state index is 0. The zero-order chi connectivity index (χ0) is 8.49. The third kappa shape index (κ3) is 7.72. The van der Waals surface area contributed by atoms with Crippen molar-refractivity contribution in [1.29, 1.82) is 0 Å². The van der Waals surface area contributed by atoms with Crippen LogP contribution in [-0.2, 0) is 0 Å². The Balaban J connectivity index is 0.000000206. The molecule has 0 bridgehead atoms. The van der Waals surface area contributed by atoms with Crippen molar-refractivity contribution in [2.24, 2.45) is 0 Å². The van der Waals surface area contributed by atoms with Gasteiger partial charge in [-0.25, -0.2) is 0 Å². The van der Waals surface area contributed by atoms with E-state index in [1.165, 1.54) is 0 Å². The smallest absolute Gasteiger partial charge is 0.0267 e. The van der Waals surface area contributed by atoms with Gasteiger partial charge in [0.1, 0.15) is 0 Å². The van der Waals surface area contributed by atoms with Gasteiger partial charge in [-0.2, -0.15) is 0 Å². The molecule has 0 saturated carbocycles. The van der Waals surface area contributed by atoms with Crippen LogP contribution in [0.2, 0.25) is 0 Å². The third-order valence-corrected chi connectivity index (χ3v) is 1.23. The second-order valence-corrected chi connectivity index (χ2v) is 2.18. The second-order valence-electron chi connectivity index (χ2n) is 2.18. The minimum atomic E-state index is 0. The van der Waals surface area contributed by atoms with E-state index in [1.807, 2.05) is 54.6 Å². The van der Waals surface area contributed by atoms with Crippen molar-refractivity contribution < 1.29 is 0 Å². The number of aromatic nitrogens is 1. The van der Waals surface area contributed by atoms with Crippen LogP contribution in [0.25, 0.3) is 0 Å². The molecule has 0 fully saturated rings. The summed E-state index contributed by atoms with van der Waals surface area (Å²) in [5.41, 5.74) is 0. The maximum atomic E-state index is 3.78. The fourth-order valence-electron chi connectivity index (χ4n) is 0.698. The fourth-order valence-corrected chi connectivity index (χ4v) is 0.698. The summed E-state index contributed by atoms with van der Waals surface area (Å²) in [6.45, 7) is 0. The summed E-state index contributed by atoms with van der Waals surface area (Å²) < 4.78 is 0. The van der Waals surface area contributed by atoms with Gasteiger partial charge in [-0.15, -0.1) is 0 Å². The van der Waals surface area contributed by atoms with Gasteiger partial charge in [0.05, 0.1) is 0 Å². The van der Waals surface area contributed by atoms with E-state index >= 15 is 0 Å². The van der Waals surface area contributed by atoms with E-state index in [1.54, 1.807) is 12.4 Å². The van der Waals surface area contributed by atoms with Crippen LogP contribution in [0.5, 0.6) is 0 Å². The van der Waals surface area contributed by atoms with Crippen molar-refractivity contribution >= 4 is 29.6 Å². The van der Waals surface area contributed by atoms with E-state index in [-0.39, 0.29) is 29.6 Å². The molecule has 0 spiro atoms. The summed E-state index contributed by atoms with van der Waals surface area (Å²) in [5.74, 6) is 0. The SMILES string of the molecule is [NaH].c1ccccc1.c1ccncc1. The topological polar surface area (TPSA) is 12.9 Å². The molecule has 1 nitrogen and oxygen atoms in total. The van der Waals surface area contributed by atoms with Crippen LogP contribution >= 0.6 is 0 Å². The summed E-state index contributed by atoms with van der Waals surface area (Å²) in [7, 11) is 0. The molecule has 2 rings (SSSR count). The minimum Gasteiger partial charge on any atom is -0.265 e. The van der Waals surface area contributed by atoms with Crippen LogP contribution in [0.4, 0.5) is 0 Å². The van der Waals surface area contributed by atoms with Crippen LogP contribution in [0.1, 0.15) is 0 Å². The molecular weight excluding hydrogens is 169 g/mol. The zero-order valence-electron chi connectivity index (χ0n) is 6.80. The molecule has 0 amide bonds. The van der Waals surface area contributed by atoms with Gasteiger partial charge >= 0.3 is 29.6 Å². The van der Waals surface area contributed by atoms with Crippen molar-refractivity contribution in [2.45, 2.75) is 0 Å². The standard InChI is InChI=1S/C6H6.C5H5N.Na.H/c2*1-2-4-6-5-3-1;;/h1-6H;1-5H;;. The Bertz CT molecular complexity index is 185. The Hall–Kier alpha value is -0.630. The number of rotatable bonds is 0. The van der Waals surface area contributed by atoms with E-state index < -0.39 is 0 Å². The average molecular weight is 181 g/mol. The quantitative estimate of drug-likeness (QED) is 0.567. The molecule has 2 heteroatoms. The third-order valence-electron chi connectivity index (χ3n) is 1.23. The van der Waals surface area contributed by atoms with Gasteiger partial charge in [0.25, 0.3) is 0 Å². The van der Waals surface area contributed by atoms with E-state index in [0.717, 1.165) is 0 Å². The first-order valence-corrected chi connectivity index (χ1v) is 3.85. The molecule has 0 atom stereocenters. The summed E-state index contributed by atoms with van der Waals surface area (Å²) in [5, 5.41) is 0. The summed E-state index contributed by atoms with van der Waals surface area (Å²) in [6, 6.07) is 17.7. The first-order valence-electron chi connectivity index (χ1n) is 3.85. The van der Waals surface area contributed by atoms with Crippen molar-refractivity contribution in [2.75, 3.05) is 0 Å². The predicted octanol–water partition coefficient (Wildman–Crippen LogP) is 2.12.